The van der Waals surface area contributed by atoms with Gasteiger partial charge in [-0.05, 0) is 68.6 Å². The zero-order valence-electron chi connectivity index (χ0n) is 18.2. The molecule has 0 radical (unpaired) electrons. The van der Waals surface area contributed by atoms with Gasteiger partial charge in [-0.3, -0.25) is 9.59 Å². The molecule has 9 heteroatoms. The number of carbonyl (C=O) groups is 3. The Morgan fingerprint density at radius 3 is 2.50 bits per heavy atom. The van der Waals surface area contributed by atoms with Crippen LogP contribution in [0.25, 0.3) is 0 Å². The smallest absolute Gasteiger partial charge is 0.471 e. The fourth-order valence-corrected chi connectivity index (χ4v) is 4.24. The Kier molecular flexibility index (Phi) is 6.67. The van der Waals surface area contributed by atoms with Crippen molar-refractivity contribution < 1.29 is 37.4 Å². The average molecular weight is 453 g/mol. The second kappa shape index (κ2) is 8.96. The van der Waals surface area contributed by atoms with Crippen LogP contribution in [0.15, 0.2) is 11.6 Å². The van der Waals surface area contributed by atoms with Gasteiger partial charge in [0.25, 0.3) is 0 Å². The molecule has 1 fully saturated rings. The molecule has 32 heavy (non-hydrogen) atoms. The maximum absolute atomic E-state index is 13.0. The summed E-state index contributed by atoms with van der Waals surface area (Å²) in [5.41, 5.74) is 3.22. The number of aliphatic carboxylic acids is 1. The molecule has 0 bridgehead atoms. The molecule has 1 aliphatic carbocycles. The van der Waals surface area contributed by atoms with E-state index in [1.54, 1.807) is 19.9 Å². The third kappa shape index (κ3) is 4.81. The van der Waals surface area contributed by atoms with Gasteiger partial charge in [-0.1, -0.05) is 18.6 Å². The molecule has 6 nitrogen and oxygen atoms in total. The van der Waals surface area contributed by atoms with Crippen molar-refractivity contribution in [2.24, 2.45) is 5.92 Å². The van der Waals surface area contributed by atoms with E-state index in [-0.39, 0.29) is 30.2 Å². The van der Waals surface area contributed by atoms with E-state index >= 15 is 0 Å². The van der Waals surface area contributed by atoms with E-state index in [1.807, 2.05) is 12.2 Å². The molecule has 1 amide bonds. The number of benzene rings is 1. The van der Waals surface area contributed by atoms with E-state index in [0.717, 1.165) is 29.5 Å². The molecule has 3 rings (SSSR count). The molecule has 2 N–H and O–H groups in total. The van der Waals surface area contributed by atoms with Crippen LogP contribution in [0.1, 0.15) is 78.1 Å². The van der Waals surface area contributed by atoms with Crippen LogP contribution in [0.2, 0.25) is 0 Å². The Hall–Kier alpha value is -2.84. The number of fused-ring (bicyclic) bond motifs is 1. The van der Waals surface area contributed by atoms with Crippen LogP contribution < -0.4 is 5.32 Å². The number of alkyl halides is 3. The van der Waals surface area contributed by atoms with Crippen LogP contribution in [-0.2, 0) is 27.4 Å². The number of amides is 1. The van der Waals surface area contributed by atoms with E-state index in [0.29, 0.717) is 24.0 Å². The number of nitrogens with one attached hydrogen (secondary N) is 1. The standard InChI is InChI=1S/C23H26F3NO5/c1-4-13(20(28)29)9-11(2)5-8-15-17(14-6-7-14)12(3)16-10-32-21(30)18(16)19(15)27-22(31)23(24,25)26/h5,13-14H,4,6-10H2,1-3H3,(H,27,31)(H,28,29)/b11-5+/t13-/m0/s1. The van der Waals surface area contributed by atoms with Crippen LogP contribution in [0.4, 0.5) is 18.9 Å². The van der Waals surface area contributed by atoms with E-state index in [9.17, 15) is 32.7 Å². The number of hydrogen-bond donors (Lipinski definition) is 2. The van der Waals surface area contributed by atoms with Crippen LogP contribution in [0.3, 0.4) is 0 Å². The van der Waals surface area contributed by atoms with Crippen molar-refractivity contribution in [3.63, 3.8) is 0 Å². The number of carboxylic acid groups (broad SMARTS) is 1. The second-order valence-corrected chi connectivity index (χ2v) is 8.45. The quantitative estimate of drug-likeness (QED) is 0.425. The predicted molar refractivity (Wildman–Crippen MR) is 110 cm³/mol. The molecule has 0 saturated heterocycles. The molecule has 1 saturated carbocycles. The van der Waals surface area contributed by atoms with Gasteiger partial charge in [0.05, 0.1) is 17.2 Å². The molecule has 1 aliphatic heterocycles. The minimum absolute atomic E-state index is 0.0254. The second-order valence-electron chi connectivity index (χ2n) is 8.45. The SMILES string of the molecule is CC[C@@H](C/C(C)=C/Cc1c(NC(=O)C(F)(F)F)c2c(c(C)c1C1CC1)COC2=O)C(=O)O. The number of rotatable bonds is 8. The molecule has 1 heterocycles. The van der Waals surface area contributed by atoms with Crippen LogP contribution in [0.5, 0.6) is 0 Å². The summed E-state index contributed by atoms with van der Waals surface area (Å²) in [5.74, 6) is -4.24. The number of carboxylic acids is 1. The fourth-order valence-electron chi connectivity index (χ4n) is 4.24. The Morgan fingerprint density at radius 1 is 1.31 bits per heavy atom. The molecular weight excluding hydrogens is 427 g/mol. The number of allylic oxidation sites excluding steroid dienone is 2. The number of ether oxygens (including phenoxy) is 1. The van der Waals surface area contributed by atoms with Gasteiger partial charge in [0.2, 0.25) is 0 Å². The first-order valence-corrected chi connectivity index (χ1v) is 10.6. The summed E-state index contributed by atoms with van der Waals surface area (Å²) < 4.78 is 44.2. The van der Waals surface area contributed by atoms with E-state index in [1.165, 1.54) is 0 Å². The summed E-state index contributed by atoms with van der Waals surface area (Å²) in [5, 5.41) is 11.2. The molecule has 1 aromatic rings. The van der Waals surface area contributed by atoms with Crippen LogP contribution in [0, 0.1) is 12.8 Å². The maximum Gasteiger partial charge on any atom is 0.471 e. The molecule has 0 spiro atoms. The topological polar surface area (TPSA) is 92.7 Å². The Labute approximate surface area is 183 Å². The summed E-state index contributed by atoms with van der Waals surface area (Å²) in [6, 6.07) is 0. The van der Waals surface area contributed by atoms with Crippen LogP contribution >= 0.6 is 0 Å². The van der Waals surface area contributed by atoms with Crippen molar-refractivity contribution >= 4 is 23.5 Å². The van der Waals surface area contributed by atoms with Gasteiger partial charge in [-0.15, -0.1) is 0 Å². The molecule has 0 unspecified atom stereocenters. The largest absolute Gasteiger partial charge is 0.481 e. The normalized spacial score (nSPS) is 17.1. The highest BCUT2D eigenvalue weighted by molar-refractivity contribution is 6.06. The lowest BCUT2D eigenvalue weighted by Gasteiger charge is -2.21. The van der Waals surface area contributed by atoms with E-state index < -0.39 is 29.9 Å². The monoisotopic (exact) mass is 453 g/mol. The summed E-state index contributed by atoms with van der Waals surface area (Å²) >= 11 is 0. The number of carbonyl (C=O) groups excluding carboxylic acids is 2. The minimum Gasteiger partial charge on any atom is -0.481 e. The van der Waals surface area contributed by atoms with Gasteiger partial charge in [-0.2, -0.15) is 13.2 Å². The average Bonchev–Trinajstić information content (AvgIpc) is 3.46. The Balaban J connectivity index is 2.09. The van der Waals surface area contributed by atoms with Crippen molar-refractivity contribution in [2.75, 3.05) is 5.32 Å². The third-order valence-electron chi connectivity index (χ3n) is 6.13. The first kappa shape index (κ1) is 23.8. The van der Waals surface area contributed by atoms with Crippen molar-refractivity contribution in [2.45, 2.75) is 71.6 Å². The number of cyclic esters (lactones) is 1. The summed E-state index contributed by atoms with van der Waals surface area (Å²) in [6.07, 6.45) is -0.684. The molecule has 2 aliphatic rings. The zero-order valence-corrected chi connectivity index (χ0v) is 18.2. The van der Waals surface area contributed by atoms with E-state index in [2.05, 4.69) is 0 Å². The van der Waals surface area contributed by atoms with Gasteiger partial charge < -0.3 is 15.2 Å². The van der Waals surface area contributed by atoms with Gasteiger partial charge in [0.1, 0.15) is 6.61 Å². The lowest BCUT2D eigenvalue weighted by molar-refractivity contribution is -0.167. The molecule has 0 aromatic heterocycles. The number of esters is 1. The minimum atomic E-state index is -5.11. The third-order valence-corrected chi connectivity index (χ3v) is 6.13. The van der Waals surface area contributed by atoms with Gasteiger partial charge in [0, 0.05) is 5.56 Å². The van der Waals surface area contributed by atoms with Gasteiger partial charge >= 0.3 is 24.0 Å². The predicted octanol–water partition coefficient (Wildman–Crippen LogP) is 5.03. The Bertz CT molecular complexity index is 993. The van der Waals surface area contributed by atoms with Crippen molar-refractivity contribution in [3.05, 3.63) is 39.5 Å². The molecule has 1 aromatic carbocycles. The highest BCUT2D eigenvalue weighted by Crippen LogP contribution is 2.49. The first-order valence-electron chi connectivity index (χ1n) is 10.6. The highest BCUT2D eigenvalue weighted by Gasteiger charge is 2.42. The maximum atomic E-state index is 13.0. The van der Waals surface area contributed by atoms with Crippen molar-refractivity contribution in [3.8, 4) is 0 Å². The summed E-state index contributed by atoms with van der Waals surface area (Å²) in [4.78, 5) is 35.5. The van der Waals surface area contributed by atoms with E-state index in [4.69, 9.17) is 4.74 Å². The zero-order chi connectivity index (χ0) is 23.8. The summed E-state index contributed by atoms with van der Waals surface area (Å²) in [7, 11) is 0. The fraction of sp³-hybridized carbons (Fsp3) is 0.522. The highest BCUT2D eigenvalue weighted by atomic mass is 19.4. The van der Waals surface area contributed by atoms with Crippen molar-refractivity contribution in [1.29, 1.82) is 0 Å². The molecular formula is C23H26F3NO5. The van der Waals surface area contributed by atoms with Gasteiger partial charge in [-0.25, -0.2) is 4.79 Å². The number of hydrogen-bond acceptors (Lipinski definition) is 4. The Morgan fingerprint density at radius 2 is 1.97 bits per heavy atom. The number of anilines is 1. The summed E-state index contributed by atoms with van der Waals surface area (Å²) in [6.45, 7) is 5.32. The van der Waals surface area contributed by atoms with Crippen LogP contribution in [-0.4, -0.2) is 29.1 Å². The first-order chi connectivity index (χ1) is 15.0. The van der Waals surface area contributed by atoms with Crippen molar-refractivity contribution in [1.82, 2.24) is 0 Å². The number of halogens is 3. The molecule has 1 atom stereocenters. The molecule has 174 valence electrons. The lowest BCUT2D eigenvalue weighted by atomic mass is 9.86. The van der Waals surface area contributed by atoms with Gasteiger partial charge in [0.15, 0.2) is 0 Å². The lowest BCUT2D eigenvalue weighted by Crippen LogP contribution is -2.31.